The van der Waals surface area contributed by atoms with Crippen molar-refractivity contribution in [3.8, 4) is 5.75 Å². The molecule has 2 heterocycles. The van der Waals surface area contributed by atoms with Crippen LogP contribution in [0, 0.1) is 0 Å². The number of carbonyl (C=O) groups is 1. The van der Waals surface area contributed by atoms with E-state index in [4.69, 9.17) is 32.9 Å². The zero-order valence-electron chi connectivity index (χ0n) is 23.3. The Bertz CT molecular complexity index is 1490. The van der Waals surface area contributed by atoms with Gasteiger partial charge < -0.3 is 0 Å². The van der Waals surface area contributed by atoms with Gasteiger partial charge in [0.25, 0.3) is 0 Å². The molecule has 0 fully saturated rings. The fourth-order valence-corrected chi connectivity index (χ4v) is 7.80. The number of amidine groups is 1. The van der Waals surface area contributed by atoms with Crippen LogP contribution in [0.5, 0.6) is 5.75 Å². The van der Waals surface area contributed by atoms with E-state index in [1.807, 2.05) is 66.9 Å². The molecule has 0 bridgehead atoms. The monoisotopic (exact) mass is 725 g/mol. The minimum atomic E-state index is -0.896. The summed E-state index contributed by atoms with van der Waals surface area (Å²) in [5.41, 5.74) is 8.66. The molecular weight excluding hydrogens is 695 g/mol. The molecule has 2 aliphatic rings. The van der Waals surface area contributed by atoms with Crippen molar-refractivity contribution in [2.45, 2.75) is 29.1 Å². The molecular formula is C31H32AsCl4N3O2S. The predicted molar refractivity (Wildman–Crippen MR) is 184 cm³/mol. The summed E-state index contributed by atoms with van der Waals surface area (Å²) in [5, 5.41) is 6.13. The predicted octanol–water partition coefficient (Wildman–Crippen LogP) is 8.67. The number of halogens is 4. The van der Waals surface area contributed by atoms with Gasteiger partial charge in [0, 0.05) is 0 Å². The maximum atomic E-state index is 14.1. The Balaban J connectivity index is 0.00000242. The molecule has 3 aromatic carbocycles. The second-order valence-electron chi connectivity index (χ2n) is 9.72. The van der Waals surface area contributed by atoms with E-state index >= 15 is 0 Å². The van der Waals surface area contributed by atoms with Crippen molar-refractivity contribution < 1.29 is 9.53 Å². The summed E-state index contributed by atoms with van der Waals surface area (Å²) in [6, 6.07) is 23.0. The first kappa shape index (κ1) is 34.4. The van der Waals surface area contributed by atoms with Crippen LogP contribution >= 0.6 is 59.8 Å². The summed E-state index contributed by atoms with van der Waals surface area (Å²) in [5.74, 6) is 0.596. The number of aliphatic imine (C=N–C) groups is 1. The Labute approximate surface area is 278 Å². The Morgan fingerprint density at radius 1 is 1.00 bits per heavy atom. The van der Waals surface area contributed by atoms with E-state index in [1.54, 1.807) is 7.11 Å². The summed E-state index contributed by atoms with van der Waals surface area (Å²) in [6.07, 6.45) is 2.52. The van der Waals surface area contributed by atoms with Crippen LogP contribution in [-0.4, -0.2) is 44.3 Å². The van der Waals surface area contributed by atoms with E-state index in [0.717, 1.165) is 37.7 Å². The Morgan fingerprint density at radius 2 is 1.67 bits per heavy atom. The van der Waals surface area contributed by atoms with Crippen molar-refractivity contribution in [1.82, 2.24) is 10.2 Å². The first-order valence-corrected chi connectivity index (χ1v) is 19.6. The maximum absolute atomic E-state index is 14.1. The number of amides is 1. The topological polar surface area (TPSA) is 53.9 Å². The van der Waals surface area contributed by atoms with Gasteiger partial charge in [0.05, 0.1) is 0 Å². The third kappa shape index (κ3) is 7.53. The first-order chi connectivity index (χ1) is 19.4. The summed E-state index contributed by atoms with van der Waals surface area (Å²) in [7, 11) is 1.65. The molecule has 42 heavy (non-hydrogen) atoms. The number of nitrogens with zero attached hydrogens (tertiary/aromatic N) is 2. The molecule has 5 rings (SSSR count). The van der Waals surface area contributed by atoms with Crippen LogP contribution in [0.1, 0.15) is 22.7 Å². The van der Waals surface area contributed by atoms with Crippen molar-refractivity contribution in [3.05, 3.63) is 117 Å². The molecule has 5 nitrogen and oxygen atoms in total. The molecule has 0 unspecified atom stereocenters. The molecule has 3 aromatic rings. The number of hydrogen-bond donors (Lipinski definition) is 1. The number of thioether (sulfide) groups is 1. The number of fused-ring (bicyclic) bond motifs is 1. The van der Waals surface area contributed by atoms with E-state index in [9.17, 15) is 4.79 Å². The fourth-order valence-electron chi connectivity index (χ4n) is 4.81. The van der Waals surface area contributed by atoms with Crippen LogP contribution in [0.2, 0.25) is 26.7 Å². The third-order valence-electron chi connectivity index (χ3n) is 6.72. The molecule has 0 spiro atoms. The minimum absolute atomic E-state index is 0. The van der Waals surface area contributed by atoms with E-state index in [2.05, 4.69) is 33.8 Å². The molecule has 0 saturated heterocycles. The molecule has 0 aliphatic carbocycles. The summed E-state index contributed by atoms with van der Waals surface area (Å²) >= 11 is 13.8. The van der Waals surface area contributed by atoms with Gasteiger partial charge in [-0.3, -0.25) is 0 Å². The van der Waals surface area contributed by atoms with Crippen LogP contribution in [0.4, 0.5) is 0 Å². The van der Waals surface area contributed by atoms with Gasteiger partial charge in [-0.2, -0.15) is 0 Å². The Morgan fingerprint density at radius 3 is 2.33 bits per heavy atom. The fraction of sp³-hybridized carbons (Fsp3) is 0.226. The van der Waals surface area contributed by atoms with E-state index in [1.165, 1.54) is 11.8 Å². The van der Waals surface area contributed by atoms with Crippen LogP contribution in [0.3, 0.4) is 0 Å². The van der Waals surface area contributed by atoms with Crippen LogP contribution in [0.15, 0.2) is 95.3 Å². The molecule has 2 aliphatic heterocycles. The minimum Gasteiger partial charge on any atom is -0.147 e. The molecule has 0 saturated carbocycles. The SMILES string of the molecule is COc1ccccc1[C@H]1C(C(=O)NCC[As](C)C)=C(Cc2ccccc2)N=C2SC(c3c(Cl)cccc3Cl)=CN21.Cl.Cl. The summed E-state index contributed by atoms with van der Waals surface area (Å²) in [4.78, 5) is 22.1. The Kier molecular flexibility index (Phi) is 12.8. The quantitative estimate of drug-likeness (QED) is 0.224. The average molecular weight is 727 g/mol. The zero-order valence-corrected chi connectivity index (χ0v) is 29.2. The molecule has 0 radical (unpaired) electrons. The van der Waals surface area contributed by atoms with Crippen molar-refractivity contribution in [3.63, 3.8) is 0 Å². The molecule has 1 amide bonds. The van der Waals surface area contributed by atoms with E-state index in [-0.39, 0.29) is 30.7 Å². The second-order valence-corrected chi connectivity index (χ2v) is 17.0. The molecule has 1 atom stereocenters. The number of allylic oxidation sites excluding steroid dienone is 1. The Hall–Kier alpha value is -2.05. The standard InChI is InChI=1S/C31H30AsCl2N3O2S.2ClH/c1-32(2)16-17-35-30(38)28-24(18-20-10-5-4-6-11-20)36-31-37(29(28)21-12-7-8-15-25(21)39-3)19-26(40-31)27-22(33)13-9-14-23(27)34;;/h4-15,19,29H,16-18H2,1-3H3,(H,35,38);2*1H/t29-;;/m0../s1. The smallest absolute Gasteiger partial charge is 0.147 e. The van der Waals surface area contributed by atoms with Gasteiger partial charge >= 0.3 is 250 Å². The number of benzene rings is 3. The van der Waals surface area contributed by atoms with Gasteiger partial charge in [0.15, 0.2) is 0 Å². The largest absolute Gasteiger partial charge is 0.147 e. The molecule has 1 N–H and O–H groups in total. The normalized spacial score (nSPS) is 15.8. The molecule has 11 heteroatoms. The van der Waals surface area contributed by atoms with Gasteiger partial charge in [-0.1, -0.05) is 6.07 Å². The van der Waals surface area contributed by atoms with Gasteiger partial charge in [0.2, 0.25) is 0 Å². The van der Waals surface area contributed by atoms with Crippen LogP contribution in [-0.2, 0) is 11.2 Å². The van der Waals surface area contributed by atoms with Gasteiger partial charge in [-0.05, 0) is 0 Å². The van der Waals surface area contributed by atoms with Crippen molar-refractivity contribution in [1.29, 1.82) is 0 Å². The van der Waals surface area contributed by atoms with Crippen molar-refractivity contribution in [2.75, 3.05) is 13.7 Å². The van der Waals surface area contributed by atoms with E-state index in [0.29, 0.717) is 34.3 Å². The number of rotatable bonds is 9. The van der Waals surface area contributed by atoms with Crippen LogP contribution in [0.25, 0.3) is 4.91 Å². The summed E-state index contributed by atoms with van der Waals surface area (Å²) in [6.45, 7) is 0.647. The van der Waals surface area contributed by atoms with Crippen LogP contribution < -0.4 is 10.1 Å². The molecule has 0 aromatic heterocycles. The summed E-state index contributed by atoms with van der Waals surface area (Å²) < 4.78 is 5.81. The van der Waals surface area contributed by atoms with Crippen molar-refractivity contribution >= 4 is 90.4 Å². The first-order valence-electron chi connectivity index (χ1n) is 12.9. The maximum Gasteiger partial charge on any atom is -0.147 e. The van der Waals surface area contributed by atoms with Gasteiger partial charge in [0.1, 0.15) is 0 Å². The van der Waals surface area contributed by atoms with E-state index < -0.39 is 20.7 Å². The van der Waals surface area contributed by atoms with Gasteiger partial charge in [-0.15, -0.1) is 24.8 Å². The number of nitrogens with one attached hydrogen (secondary N) is 1. The molecule has 222 valence electrons. The average Bonchev–Trinajstić information content (AvgIpc) is 3.35. The zero-order chi connectivity index (χ0) is 28.2. The number of carbonyl (C=O) groups excluding carboxylic acids is 1. The second kappa shape index (κ2) is 15.6. The number of ether oxygens (including phenoxy) is 1. The van der Waals surface area contributed by atoms with Gasteiger partial charge in [-0.25, -0.2) is 0 Å². The van der Waals surface area contributed by atoms with Crippen molar-refractivity contribution in [2.24, 2.45) is 4.99 Å². The number of hydrogen-bond acceptors (Lipinski definition) is 5. The number of methoxy groups -OCH3 is 1. The number of para-hydroxylation sites is 1. The third-order valence-corrected chi connectivity index (χ3v) is 10.7.